The largest absolute Gasteiger partial charge is 0.369 e. The lowest BCUT2D eigenvalue weighted by atomic mass is 10.2. The quantitative estimate of drug-likeness (QED) is 0.405. The lowest BCUT2D eigenvalue weighted by Crippen LogP contribution is -2.47. The number of anilines is 1. The third kappa shape index (κ3) is 6.49. The molecule has 0 radical (unpaired) electrons. The molecule has 2 N–H and O–H groups in total. The van der Waals surface area contributed by atoms with Crippen molar-refractivity contribution in [3.8, 4) is 0 Å². The molecule has 1 aliphatic heterocycles. The van der Waals surface area contributed by atoms with E-state index >= 15 is 0 Å². The Morgan fingerprint density at radius 3 is 2.66 bits per heavy atom. The van der Waals surface area contributed by atoms with Crippen molar-refractivity contribution in [1.82, 2.24) is 25.3 Å². The van der Waals surface area contributed by atoms with Gasteiger partial charge in [-0.05, 0) is 50.6 Å². The van der Waals surface area contributed by atoms with Gasteiger partial charge in [0.1, 0.15) is 0 Å². The van der Waals surface area contributed by atoms with Crippen molar-refractivity contribution in [3.05, 3.63) is 47.8 Å². The fourth-order valence-electron chi connectivity index (χ4n) is 3.62. The third-order valence-electron chi connectivity index (χ3n) is 5.35. The Morgan fingerprint density at radius 1 is 1.14 bits per heavy atom. The Morgan fingerprint density at radius 2 is 1.97 bits per heavy atom. The van der Waals surface area contributed by atoms with E-state index in [0.717, 1.165) is 63.9 Å². The molecular weight excluding hydrogens is 362 g/mol. The number of guanidine groups is 1. The average molecular weight is 398 g/mol. The van der Waals surface area contributed by atoms with E-state index in [1.54, 1.807) is 0 Å². The first kappa shape index (κ1) is 21.2. The van der Waals surface area contributed by atoms with Crippen LogP contribution < -0.4 is 15.5 Å². The smallest absolute Gasteiger partial charge is 0.191 e. The Labute approximate surface area is 174 Å². The fourth-order valence-corrected chi connectivity index (χ4v) is 3.62. The van der Waals surface area contributed by atoms with E-state index in [1.165, 1.54) is 11.3 Å². The number of hydrogen-bond acceptors (Lipinski definition) is 4. The van der Waals surface area contributed by atoms with Gasteiger partial charge in [-0.1, -0.05) is 12.1 Å². The zero-order chi connectivity index (χ0) is 20.5. The fraction of sp³-hybridized carbons (Fsp3) is 0.545. The van der Waals surface area contributed by atoms with Crippen molar-refractivity contribution < 1.29 is 0 Å². The molecule has 0 aliphatic carbocycles. The van der Waals surface area contributed by atoms with E-state index in [2.05, 4.69) is 68.6 Å². The van der Waals surface area contributed by atoms with Gasteiger partial charge in [0.25, 0.3) is 0 Å². The molecular formula is C22H35N7. The van der Waals surface area contributed by atoms with Crippen LogP contribution in [-0.2, 0) is 13.6 Å². The van der Waals surface area contributed by atoms with E-state index in [1.807, 2.05) is 24.0 Å². The summed E-state index contributed by atoms with van der Waals surface area (Å²) in [4.78, 5) is 9.72. The minimum absolute atomic E-state index is 0.632. The maximum atomic E-state index is 4.66. The van der Waals surface area contributed by atoms with E-state index < -0.39 is 0 Å². The Balaban J connectivity index is 1.36. The van der Waals surface area contributed by atoms with Crippen molar-refractivity contribution >= 4 is 11.6 Å². The van der Waals surface area contributed by atoms with E-state index in [-0.39, 0.29) is 0 Å². The summed E-state index contributed by atoms with van der Waals surface area (Å²) in [6.45, 7) is 12.3. The molecule has 0 amide bonds. The van der Waals surface area contributed by atoms with Crippen molar-refractivity contribution in [2.45, 2.75) is 26.8 Å². The van der Waals surface area contributed by atoms with Gasteiger partial charge in [-0.3, -0.25) is 9.58 Å². The molecule has 2 heterocycles. The molecule has 3 rings (SSSR count). The topological polar surface area (TPSA) is 60.7 Å². The molecule has 1 fully saturated rings. The molecule has 0 atom stereocenters. The zero-order valence-electron chi connectivity index (χ0n) is 18.1. The van der Waals surface area contributed by atoms with Crippen molar-refractivity contribution in [2.24, 2.45) is 12.0 Å². The minimum Gasteiger partial charge on any atom is -0.369 e. The summed E-state index contributed by atoms with van der Waals surface area (Å²) in [6.07, 6.45) is 2.92. The third-order valence-corrected chi connectivity index (χ3v) is 5.35. The molecule has 1 saturated heterocycles. The molecule has 158 valence electrons. The number of benzene rings is 1. The molecule has 0 spiro atoms. The predicted molar refractivity (Wildman–Crippen MR) is 120 cm³/mol. The Hall–Kier alpha value is -2.54. The number of nitrogens with one attached hydrogen (secondary N) is 2. The molecule has 1 aromatic heterocycles. The highest BCUT2D eigenvalue weighted by Gasteiger charge is 2.16. The summed E-state index contributed by atoms with van der Waals surface area (Å²) in [6, 6.07) is 10.8. The molecule has 7 nitrogen and oxygen atoms in total. The molecule has 7 heteroatoms. The van der Waals surface area contributed by atoms with Gasteiger partial charge >= 0.3 is 0 Å². The van der Waals surface area contributed by atoms with Crippen molar-refractivity contribution in [3.63, 3.8) is 0 Å². The molecule has 0 saturated carbocycles. The van der Waals surface area contributed by atoms with E-state index in [4.69, 9.17) is 0 Å². The molecule has 1 aromatic carbocycles. The van der Waals surface area contributed by atoms with Crippen LogP contribution in [-0.4, -0.2) is 66.5 Å². The lowest BCUT2D eigenvalue weighted by Gasteiger charge is -2.36. The standard InChI is InChI=1S/C22H35N7/c1-4-23-22(25-18-21-9-11-26-27(21)3)24-10-6-12-28-13-15-29(16-14-28)20-8-5-7-19(2)17-20/h5,7-9,11,17H,4,6,10,12-16,18H2,1-3H3,(H2,23,24,25). The van der Waals surface area contributed by atoms with Crippen LogP contribution in [0.5, 0.6) is 0 Å². The highest BCUT2D eigenvalue weighted by Crippen LogP contribution is 2.17. The van der Waals surface area contributed by atoms with Crippen LogP contribution in [0.3, 0.4) is 0 Å². The number of nitrogens with zero attached hydrogens (tertiary/aromatic N) is 5. The minimum atomic E-state index is 0.632. The highest BCUT2D eigenvalue weighted by atomic mass is 15.3. The van der Waals surface area contributed by atoms with Gasteiger partial charge in [0.05, 0.1) is 12.2 Å². The maximum absolute atomic E-state index is 4.66. The van der Waals surface area contributed by atoms with Crippen LogP contribution in [0.4, 0.5) is 5.69 Å². The number of rotatable bonds is 8. The van der Waals surface area contributed by atoms with Crippen LogP contribution in [0.2, 0.25) is 0 Å². The predicted octanol–water partition coefficient (Wildman–Crippen LogP) is 2.00. The maximum Gasteiger partial charge on any atom is 0.191 e. The van der Waals surface area contributed by atoms with Crippen LogP contribution in [0.1, 0.15) is 24.6 Å². The Kier molecular flexibility index (Phi) is 7.93. The monoisotopic (exact) mass is 397 g/mol. The SMILES string of the molecule is CCNC(=NCc1ccnn1C)NCCCN1CCN(c2cccc(C)c2)CC1. The van der Waals surface area contributed by atoms with Gasteiger partial charge < -0.3 is 15.5 Å². The number of piperazine rings is 1. The zero-order valence-corrected chi connectivity index (χ0v) is 18.1. The van der Waals surface area contributed by atoms with Crippen LogP contribution in [0.15, 0.2) is 41.5 Å². The van der Waals surface area contributed by atoms with Gasteiger partial charge in [0, 0.05) is 58.2 Å². The van der Waals surface area contributed by atoms with Crippen LogP contribution >= 0.6 is 0 Å². The molecule has 0 bridgehead atoms. The first-order chi connectivity index (χ1) is 14.2. The first-order valence-corrected chi connectivity index (χ1v) is 10.7. The molecule has 29 heavy (non-hydrogen) atoms. The number of aromatic nitrogens is 2. The molecule has 0 unspecified atom stereocenters. The number of aliphatic imine (C=N–C) groups is 1. The molecule has 1 aliphatic rings. The van der Waals surface area contributed by atoms with Gasteiger partial charge in [-0.25, -0.2) is 4.99 Å². The van der Waals surface area contributed by atoms with Gasteiger partial charge in [-0.2, -0.15) is 5.10 Å². The van der Waals surface area contributed by atoms with Crippen LogP contribution in [0.25, 0.3) is 0 Å². The summed E-state index contributed by atoms with van der Waals surface area (Å²) < 4.78 is 1.86. The van der Waals surface area contributed by atoms with Crippen molar-refractivity contribution in [2.75, 3.05) is 50.7 Å². The van der Waals surface area contributed by atoms with Crippen LogP contribution in [0, 0.1) is 6.92 Å². The second kappa shape index (κ2) is 10.9. The summed E-state index contributed by atoms with van der Waals surface area (Å²) in [5.41, 5.74) is 3.79. The molecule has 2 aromatic rings. The second-order valence-corrected chi connectivity index (χ2v) is 7.59. The van der Waals surface area contributed by atoms with E-state index in [9.17, 15) is 0 Å². The number of aryl methyl sites for hydroxylation is 2. The van der Waals surface area contributed by atoms with Gasteiger partial charge in [0.2, 0.25) is 0 Å². The Bertz CT molecular complexity index is 775. The van der Waals surface area contributed by atoms with Crippen molar-refractivity contribution in [1.29, 1.82) is 0 Å². The summed E-state index contributed by atoms with van der Waals surface area (Å²) in [5.74, 6) is 0.873. The summed E-state index contributed by atoms with van der Waals surface area (Å²) in [5, 5.41) is 11.0. The normalized spacial score (nSPS) is 15.6. The summed E-state index contributed by atoms with van der Waals surface area (Å²) in [7, 11) is 1.95. The second-order valence-electron chi connectivity index (χ2n) is 7.59. The summed E-state index contributed by atoms with van der Waals surface area (Å²) >= 11 is 0. The highest BCUT2D eigenvalue weighted by molar-refractivity contribution is 5.79. The lowest BCUT2D eigenvalue weighted by molar-refractivity contribution is 0.255. The van der Waals surface area contributed by atoms with E-state index in [0.29, 0.717) is 6.54 Å². The first-order valence-electron chi connectivity index (χ1n) is 10.7. The average Bonchev–Trinajstić information content (AvgIpc) is 3.14. The van der Waals surface area contributed by atoms with Gasteiger partial charge in [-0.15, -0.1) is 0 Å². The number of hydrogen-bond donors (Lipinski definition) is 2. The van der Waals surface area contributed by atoms with Gasteiger partial charge in [0.15, 0.2) is 5.96 Å².